The van der Waals surface area contributed by atoms with Crippen LogP contribution in [0.25, 0.3) is 6.08 Å². The standard InChI is InChI=1S/C7H5N2/c1-2-6-7(3-1)9-5-4-8-6/h1-2,5H,3H2. The zero-order valence-corrected chi connectivity index (χ0v) is 4.83. The first-order valence-electron chi connectivity index (χ1n) is 2.85. The molecule has 0 aliphatic heterocycles. The molecule has 2 heteroatoms. The lowest BCUT2D eigenvalue weighted by atomic mass is 10.3. The van der Waals surface area contributed by atoms with Crippen LogP contribution in [0.15, 0.2) is 12.3 Å². The molecule has 2 rings (SSSR count). The van der Waals surface area contributed by atoms with Gasteiger partial charge in [-0.2, -0.15) is 0 Å². The summed E-state index contributed by atoms with van der Waals surface area (Å²) >= 11 is 0. The van der Waals surface area contributed by atoms with Crippen molar-refractivity contribution >= 4 is 6.08 Å². The summed E-state index contributed by atoms with van der Waals surface area (Å²) in [7, 11) is 0. The van der Waals surface area contributed by atoms with Gasteiger partial charge in [-0.1, -0.05) is 6.08 Å². The van der Waals surface area contributed by atoms with Crippen molar-refractivity contribution in [3.63, 3.8) is 0 Å². The summed E-state index contributed by atoms with van der Waals surface area (Å²) in [6.45, 7) is 0. The van der Waals surface area contributed by atoms with Crippen LogP contribution in [0.2, 0.25) is 0 Å². The lowest BCUT2D eigenvalue weighted by Gasteiger charge is -1.90. The molecule has 0 unspecified atom stereocenters. The Bertz CT molecular complexity index is 253. The van der Waals surface area contributed by atoms with Gasteiger partial charge < -0.3 is 0 Å². The fourth-order valence-corrected chi connectivity index (χ4v) is 0.909. The summed E-state index contributed by atoms with van der Waals surface area (Å²) < 4.78 is 0. The predicted molar refractivity (Wildman–Crippen MR) is 33.6 cm³/mol. The van der Waals surface area contributed by atoms with Crippen molar-refractivity contribution in [1.29, 1.82) is 0 Å². The molecule has 1 radical (unpaired) electrons. The van der Waals surface area contributed by atoms with Gasteiger partial charge in [0.05, 0.1) is 17.6 Å². The molecular weight excluding hydrogens is 112 g/mol. The number of fused-ring (bicyclic) bond motifs is 1. The maximum absolute atomic E-state index is 4.08. The van der Waals surface area contributed by atoms with Crippen LogP contribution < -0.4 is 0 Å². The molecule has 1 aliphatic rings. The highest BCUT2D eigenvalue weighted by molar-refractivity contribution is 5.52. The first-order chi connectivity index (χ1) is 4.47. The van der Waals surface area contributed by atoms with Crippen LogP contribution in [-0.4, -0.2) is 9.97 Å². The molecule has 1 aliphatic carbocycles. The molecular formula is C7H5N2. The SMILES string of the molecule is [c]1cnc2c(n1)C=CC2. The Balaban J connectivity index is 2.63. The van der Waals surface area contributed by atoms with Crippen LogP contribution in [-0.2, 0) is 6.42 Å². The van der Waals surface area contributed by atoms with Gasteiger partial charge in [0, 0.05) is 6.42 Å². The second-order valence-corrected chi connectivity index (χ2v) is 1.94. The highest BCUT2D eigenvalue weighted by Gasteiger charge is 2.04. The van der Waals surface area contributed by atoms with Gasteiger partial charge in [-0.3, -0.25) is 4.98 Å². The molecule has 0 fully saturated rings. The lowest BCUT2D eigenvalue weighted by molar-refractivity contribution is 1.06. The highest BCUT2D eigenvalue weighted by Crippen LogP contribution is 2.11. The largest absolute Gasteiger partial charge is 0.256 e. The van der Waals surface area contributed by atoms with Crippen LogP contribution in [0.3, 0.4) is 0 Å². The molecule has 0 aromatic carbocycles. The van der Waals surface area contributed by atoms with Gasteiger partial charge in [0.1, 0.15) is 6.20 Å². The van der Waals surface area contributed by atoms with Crippen molar-refractivity contribution in [1.82, 2.24) is 9.97 Å². The quantitative estimate of drug-likeness (QED) is 0.503. The van der Waals surface area contributed by atoms with Crippen LogP contribution in [0.4, 0.5) is 0 Å². The van der Waals surface area contributed by atoms with Gasteiger partial charge in [0.2, 0.25) is 0 Å². The summed E-state index contributed by atoms with van der Waals surface area (Å²) in [5.74, 6) is 0. The van der Waals surface area contributed by atoms with Gasteiger partial charge >= 0.3 is 0 Å². The molecule has 9 heavy (non-hydrogen) atoms. The predicted octanol–water partition coefficient (Wildman–Crippen LogP) is 0.846. The van der Waals surface area contributed by atoms with E-state index in [0.717, 1.165) is 17.8 Å². The van der Waals surface area contributed by atoms with Gasteiger partial charge in [0.25, 0.3) is 0 Å². The molecule has 0 saturated heterocycles. The smallest absolute Gasteiger partial charge is 0.109 e. The van der Waals surface area contributed by atoms with Crippen molar-refractivity contribution in [2.75, 3.05) is 0 Å². The normalized spacial score (nSPS) is 13.8. The maximum atomic E-state index is 4.08. The second-order valence-electron chi connectivity index (χ2n) is 1.94. The number of rotatable bonds is 0. The van der Waals surface area contributed by atoms with E-state index in [0.29, 0.717) is 0 Å². The molecule has 0 N–H and O–H groups in total. The summed E-state index contributed by atoms with van der Waals surface area (Å²) in [6.07, 6.45) is 9.24. The van der Waals surface area contributed by atoms with Crippen LogP contribution in [0.5, 0.6) is 0 Å². The third kappa shape index (κ3) is 0.633. The van der Waals surface area contributed by atoms with Crippen molar-refractivity contribution < 1.29 is 0 Å². The van der Waals surface area contributed by atoms with E-state index in [4.69, 9.17) is 0 Å². The van der Waals surface area contributed by atoms with Gasteiger partial charge in [-0.15, -0.1) is 0 Å². The Morgan fingerprint density at radius 1 is 1.56 bits per heavy atom. The first-order valence-corrected chi connectivity index (χ1v) is 2.85. The zero-order valence-electron chi connectivity index (χ0n) is 4.83. The molecule has 0 bridgehead atoms. The van der Waals surface area contributed by atoms with Crippen LogP contribution in [0.1, 0.15) is 11.4 Å². The van der Waals surface area contributed by atoms with Gasteiger partial charge in [0.15, 0.2) is 0 Å². The number of hydrogen-bond acceptors (Lipinski definition) is 2. The Labute approximate surface area is 53.3 Å². The lowest BCUT2D eigenvalue weighted by Crippen LogP contribution is -1.88. The van der Waals surface area contributed by atoms with Crippen molar-refractivity contribution in [2.24, 2.45) is 0 Å². The minimum atomic E-state index is 0.928. The number of allylic oxidation sites excluding steroid dienone is 1. The van der Waals surface area contributed by atoms with E-state index in [1.165, 1.54) is 0 Å². The molecule has 0 saturated carbocycles. The molecule has 0 spiro atoms. The Kier molecular flexibility index (Phi) is 0.859. The third-order valence-corrected chi connectivity index (χ3v) is 1.35. The molecule has 1 aromatic heterocycles. The van der Waals surface area contributed by atoms with Crippen molar-refractivity contribution in [2.45, 2.75) is 6.42 Å². The molecule has 1 aromatic rings. The van der Waals surface area contributed by atoms with E-state index in [1.54, 1.807) is 6.20 Å². The minimum Gasteiger partial charge on any atom is -0.256 e. The summed E-state index contributed by atoms with van der Waals surface area (Å²) in [6, 6.07) is 0. The molecule has 43 valence electrons. The van der Waals surface area contributed by atoms with E-state index in [-0.39, 0.29) is 0 Å². The molecule has 0 atom stereocenters. The van der Waals surface area contributed by atoms with E-state index in [2.05, 4.69) is 22.2 Å². The summed E-state index contributed by atoms with van der Waals surface area (Å²) in [4.78, 5) is 8.06. The van der Waals surface area contributed by atoms with Crippen LogP contribution >= 0.6 is 0 Å². The molecule has 1 heterocycles. The number of hydrogen-bond donors (Lipinski definition) is 0. The number of aromatic nitrogens is 2. The number of nitrogens with zero attached hydrogens (tertiary/aromatic N) is 2. The highest BCUT2D eigenvalue weighted by atomic mass is 14.8. The average molecular weight is 117 g/mol. The summed E-state index contributed by atoms with van der Waals surface area (Å²) in [5, 5.41) is 0. The van der Waals surface area contributed by atoms with E-state index in [9.17, 15) is 0 Å². The summed E-state index contributed by atoms with van der Waals surface area (Å²) in [5.41, 5.74) is 2.03. The minimum absolute atomic E-state index is 0.928. The maximum Gasteiger partial charge on any atom is 0.109 e. The van der Waals surface area contributed by atoms with Crippen molar-refractivity contribution in [3.05, 3.63) is 29.9 Å². The Morgan fingerprint density at radius 3 is 3.44 bits per heavy atom. The fourth-order valence-electron chi connectivity index (χ4n) is 0.909. The molecule has 2 nitrogen and oxygen atoms in total. The molecule has 0 amide bonds. The third-order valence-electron chi connectivity index (χ3n) is 1.35. The fraction of sp³-hybridized carbons (Fsp3) is 0.143. The van der Waals surface area contributed by atoms with Gasteiger partial charge in [-0.25, -0.2) is 4.98 Å². The zero-order chi connectivity index (χ0) is 6.10. The van der Waals surface area contributed by atoms with E-state index >= 15 is 0 Å². The van der Waals surface area contributed by atoms with Crippen LogP contribution in [0, 0.1) is 6.20 Å². The first kappa shape index (κ1) is 4.68. The topological polar surface area (TPSA) is 25.8 Å². The van der Waals surface area contributed by atoms with Crippen molar-refractivity contribution in [3.8, 4) is 0 Å². The van der Waals surface area contributed by atoms with E-state index < -0.39 is 0 Å². The Hall–Kier alpha value is -1.18. The van der Waals surface area contributed by atoms with E-state index in [1.807, 2.05) is 6.08 Å². The monoisotopic (exact) mass is 117 g/mol. The second kappa shape index (κ2) is 1.65. The van der Waals surface area contributed by atoms with Gasteiger partial charge in [-0.05, 0) is 6.08 Å². The average Bonchev–Trinajstić information content (AvgIpc) is 2.33. The Morgan fingerprint density at radius 2 is 2.56 bits per heavy atom.